The van der Waals surface area contributed by atoms with Gasteiger partial charge < -0.3 is 21.2 Å². The second kappa shape index (κ2) is 8.53. The Morgan fingerprint density at radius 1 is 0.800 bits per heavy atom. The number of hydrogen-bond donors (Lipinski definition) is 3. The molecule has 0 saturated heterocycles. The Morgan fingerprint density at radius 2 is 1.33 bits per heavy atom. The molecular formula is C24H22N4O2. The van der Waals surface area contributed by atoms with Gasteiger partial charge in [0.05, 0.1) is 0 Å². The molecule has 0 aliphatic rings. The molecule has 0 atom stereocenters. The number of nitrogen functional groups attached to an aromatic ring is 2. The van der Waals surface area contributed by atoms with Gasteiger partial charge in [0.25, 0.3) is 5.91 Å². The third-order valence-electron chi connectivity index (χ3n) is 4.79. The molecule has 6 heteroatoms. The molecule has 1 aromatic heterocycles. The largest absolute Gasteiger partial charge is 0.444 e. The van der Waals surface area contributed by atoms with Crippen molar-refractivity contribution in [2.75, 3.05) is 16.8 Å². The van der Waals surface area contributed by atoms with E-state index in [1.807, 2.05) is 48.5 Å². The first-order valence-electron chi connectivity index (χ1n) is 9.63. The Hall–Kier alpha value is -4.06. The molecule has 0 spiro atoms. The van der Waals surface area contributed by atoms with Crippen LogP contribution in [0, 0.1) is 0 Å². The summed E-state index contributed by atoms with van der Waals surface area (Å²) in [4.78, 5) is 16.7. The third kappa shape index (κ3) is 4.67. The molecule has 5 N–H and O–H groups in total. The maximum atomic E-state index is 12.5. The minimum atomic E-state index is -0.324. The van der Waals surface area contributed by atoms with Crippen molar-refractivity contribution in [2.24, 2.45) is 0 Å². The predicted octanol–water partition coefficient (Wildman–Crippen LogP) is 4.54. The fourth-order valence-corrected chi connectivity index (χ4v) is 3.06. The second-order valence-corrected chi connectivity index (χ2v) is 7.05. The molecular weight excluding hydrogens is 376 g/mol. The first-order valence-corrected chi connectivity index (χ1v) is 9.63. The molecule has 150 valence electrons. The number of nitrogens with two attached hydrogens (primary N) is 2. The lowest BCUT2D eigenvalue weighted by Gasteiger charge is -2.06. The summed E-state index contributed by atoms with van der Waals surface area (Å²) in [6.07, 6.45) is 3.19. The number of benzene rings is 3. The lowest BCUT2D eigenvalue weighted by atomic mass is 10.0. The van der Waals surface area contributed by atoms with E-state index in [2.05, 4.69) is 10.3 Å². The Labute approximate surface area is 174 Å². The van der Waals surface area contributed by atoms with Crippen LogP contribution in [0.4, 0.5) is 17.1 Å². The standard InChI is InChI=1S/C24H22N4O2/c25-19-9-3-16(4-10-19)1-2-17-5-13-21(14-6-17)27-23(29)22-15-30-24(28-22)18-7-11-20(26)12-8-18/h3-15H,1-2,25-26H2,(H,27,29). The van der Waals surface area contributed by atoms with Crippen molar-refractivity contribution in [1.29, 1.82) is 0 Å². The van der Waals surface area contributed by atoms with E-state index in [0.29, 0.717) is 17.3 Å². The molecule has 3 aromatic carbocycles. The topological polar surface area (TPSA) is 107 Å². The van der Waals surface area contributed by atoms with Crippen molar-refractivity contribution >= 4 is 23.0 Å². The first kappa shape index (κ1) is 19.3. The molecule has 0 radical (unpaired) electrons. The summed E-state index contributed by atoms with van der Waals surface area (Å²) in [5.74, 6) is 0.0493. The smallest absolute Gasteiger partial charge is 0.277 e. The molecule has 30 heavy (non-hydrogen) atoms. The molecule has 4 aromatic rings. The highest BCUT2D eigenvalue weighted by Crippen LogP contribution is 2.21. The monoisotopic (exact) mass is 398 g/mol. The summed E-state index contributed by atoms with van der Waals surface area (Å²) in [6.45, 7) is 0. The lowest BCUT2D eigenvalue weighted by Crippen LogP contribution is -2.12. The number of amides is 1. The van der Waals surface area contributed by atoms with Crippen molar-refractivity contribution < 1.29 is 9.21 Å². The van der Waals surface area contributed by atoms with Crippen LogP contribution in [0.1, 0.15) is 21.6 Å². The van der Waals surface area contributed by atoms with Gasteiger partial charge in [-0.05, 0) is 72.5 Å². The highest BCUT2D eigenvalue weighted by atomic mass is 16.3. The molecule has 1 heterocycles. The molecule has 0 bridgehead atoms. The number of anilines is 3. The van der Waals surface area contributed by atoms with Crippen molar-refractivity contribution in [3.05, 3.63) is 95.9 Å². The summed E-state index contributed by atoms with van der Waals surface area (Å²) in [7, 11) is 0. The van der Waals surface area contributed by atoms with Crippen LogP contribution in [0.5, 0.6) is 0 Å². The summed E-state index contributed by atoms with van der Waals surface area (Å²) in [5, 5.41) is 2.84. The number of nitrogens with zero attached hydrogens (tertiary/aromatic N) is 1. The maximum Gasteiger partial charge on any atom is 0.277 e. The molecule has 0 saturated carbocycles. The van der Waals surface area contributed by atoms with Crippen molar-refractivity contribution in [3.8, 4) is 11.5 Å². The zero-order valence-corrected chi connectivity index (χ0v) is 16.3. The van der Waals surface area contributed by atoms with Gasteiger partial charge in [-0.2, -0.15) is 0 Å². The normalized spacial score (nSPS) is 10.7. The van der Waals surface area contributed by atoms with Crippen LogP contribution in [0.15, 0.2) is 83.5 Å². The minimum absolute atomic E-state index is 0.217. The fraction of sp³-hybridized carbons (Fsp3) is 0.0833. The lowest BCUT2D eigenvalue weighted by molar-refractivity contribution is 0.102. The quantitative estimate of drug-likeness (QED) is 0.413. The third-order valence-corrected chi connectivity index (χ3v) is 4.79. The summed E-state index contributed by atoms with van der Waals surface area (Å²) >= 11 is 0. The maximum absolute atomic E-state index is 12.5. The van der Waals surface area contributed by atoms with Gasteiger partial charge in [0.1, 0.15) is 6.26 Å². The van der Waals surface area contributed by atoms with E-state index in [-0.39, 0.29) is 11.6 Å². The number of aryl methyl sites for hydroxylation is 2. The van der Waals surface area contributed by atoms with E-state index in [9.17, 15) is 4.79 Å². The highest BCUT2D eigenvalue weighted by molar-refractivity contribution is 6.02. The zero-order chi connectivity index (χ0) is 20.9. The number of oxazole rings is 1. The number of hydrogen-bond acceptors (Lipinski definition) is 5. The summed E-state index contributed by atoms with van der Waals surface area (Å²) < 4.78 is 5.43. The van der Waals surface area contributed by atoms with Gasteiger partial charge in [0.15, 0.2) is 5.69 Å². The molecule has 0 aliphatic carbocycles. The number of carbonyl (C=O) groups excluding carboxylic acids is 1. The van der Waals surface area contributed by atoms with E-state index >= 15 is 0 Å². The average molecular weight is 398 g/mol. The van der Waals surface area contributed by atoms with E-state index in [1.54, 1.807) is 24.3 Å². The minimum Gasteiger partial charge on any atom is -0.444 e. The molecule has 4 rings (SSSR count). The molecule has 0 unspecified atom stereocenters. The van der Waals surface area contributed by atoms with Crippen LogP contribution >= 0.6 is 0 Å². The molecule has 0 aliphatic heterocycles. The van der Waals surface area contributed by atoms with Gasteiger partial charge in [0.2, 0.25) is 5.89 Å². The van der Waals surface area contributed by atoms with Gasteiger partial charge in [0, 0.05) is 22.6 Å². The Balaban J connectivity index is 1.35. The fourth-order valence-electron chi connectivity index (χ4n) is 3.06. The van der Waals surface area contributed by atoms with Gasteiger partial charge in [-0.3, -0.25) is 4.79 Å². The number of nitrogens with one attached hydrogen (secondary N) is 1. The number of rotatable bonds is 6. The summed E-state index contributed by atoms with van der Waals surface area (Å²) in [5.41, 5.74) is 16.9. The van der Waals surface area contributed by atoms with E-state index in [0.717, 1.165) is 24.1 Å². The van der Waals surface area contributed by atoms with Crippen molar-refractivity contribution in [1.82, 2.24) is 4.98 Å². The van der Waals surface area contributed by atoms with Crippen LogP contribution in [-0.4, -0.2) is 10.9 Å². The Morgan fingerprint density at radius 3 is 1.93 bits per heavy atom. The number of aromatic nitrogens is 1. The average Bonchev–Trinajstić information content (AvgIpc) is 3.25. The summed E-state index contributed by atoms with van der Waals surface area (Å²) in [6, 6.07) is 22.8. The molecule has 6 nitrogen and oxygen atoms in total. The van der Waals surface area contributed by atoms with Crippen LogP contribution in [0.2, 0.25) is 0 Å². The van der Waals surface area contributed by atoms with Crippen LogP contribution < -0.4 is 16.8 Å². The molecule has 1 amide bonds. The predicted molar refractivity (Wildman–Crippen MR) is 119 cm³/mol. The van der Waals surface area contributed by atoms with Crippen molar-refractivity contribution in [2.45, 2.75) is 12.8 Å². The number of carbonyl (C=O) groups is 1. The Kier molecular flexibility index (Phi) is 5.48. The van der Waals surface area contributed by atoms with Gasteiger partial charge >= 0.3 is 0 Å². The zero-order valence-electron chi connectivity index (χ0n) is 16.3. The van der Waals surface area contributed by atoms with Crippen LogP contribution in [0.25, 0.3) is 11.5 Å². The van der Waals surface area contributed by atoms with Gasteiger partial charge in [-0.25, -0.2) is 4.98 Å². The van der Waals surface area contributed by atoms with Crippen LogP contribution in [0.3, 0.4) is 0 Å². The highest BCUT2D eigenvalue weighted by Gasteiger charge is 2.13. The van der Waals surface area contributed by atoms with Crippen LogP contribution in [-0.2, 0) is 12.8 Å². The van der Waals surface area contributed by atoms with Crippen molar-refractivity contribution in [3.63, 3.8) is 0 Å². The van der Waals surface area contributed by atoms with E-state index in [1.165, 1.54) is 17.4 Å². The SMILES string of the molecule is Nc1ccc(CCc2ccc(NC(=O)c3coc(-c4ccc(N)cc4)n3)cc2)cc1. The first-order chi connectivity index (χ1) is 14.6. The van der Waals surface area contributed by atoms with E-state index < -0.39 is 0 Å². The van der Waals surface area contributed by atoms with Gasteiger partial charge in [-0.1, -0.05) is 24.3 Å². The molecule has 0 fully saturated rings. The Bertz CT molecular complexity index is 1130. The second-order valence-electron chi connectivity index (χ2n) is 7.05. The van der Waals surface area contributed by atoms with Gasteiger partial charge in [-0.15, -0.1) is 0 Å². The van der Waals surface area contributed by atoms with E-state index in [4.69, 9.17) is 15.9 Å².